The van der Waals surface area contributed by atoms with E-state index in [2.05, 4.69) is 15.1 Å². The molecule has 2 atom stereocenters. The van der Waals surface area contributed by atoms with Crippen LogP contribution in [0.2, 0.25) is 5.02 Å². The van der Waals surface area contributed by atoms with Crippen LogP contribution < -0.4 is 5.56 Å². The summed E-state index contributed by atoms with van der Waals surface area (Å²) in [5.41, 5.74) is 4.84. The number of aliphatic hydroxyl groups is 1. The van der Waals surface area contributed by atoms with Crippen molar-refractivity contribution in [1.29, 1.82) is 0 Å². The fourth-order valence-electron chi connectivity index (χ4n) is 5.02. The van der Waals surface area contributed by atoms with Gasteiger partial charge in [-0.25, -0.2) is 4.68 Å². The second kappa shape index (κ2) is 9.11. The Bertz CT molecular complexity index is 1580. The largest absolute Gasteiger partial charge is 0.391 e. The topological polar surface area (TPSA) is 98.7 Å². The number of hydrogen-bond donors (Lipinski definition) is 1. The van der Waals surface area contributed by atoms with Gasteiger partial charge in [0.05, 0.1) is 34.9 Å². The van der Waals surface area contributed by atoms with E-state index in [4.69, 9.17) is 16.7 Å². The third kappa shape index (κ3) is 3.96. The first-order valence-corrected chi connectivity index (χ1v) is 12.5. The van der Waals surface area contributed by atoms with Crippen LogP contribution in [0, 0.1) is 6.92 Å². The van der Waals surface area contributed by atoms with Gasteiger partial charge in [-0.1, -0.05) is 42.6 Å². The third-order valence-corrected chi connectivity index (χ3v) is 7.24. The fourth-order valence-corrected chi connectivity index (χ4v) is 5.29. The minimum atomic E-state index is -0.587. The number of pyridine rings is 2. The third-order valence-electron chi connectivity index (χ3n) is 6.94. The zero-order valence-electron chi connectivity index (χ0n) is 19.8. The van der Waals surface area contributed by atoms with Crippen LogP contribution >= 0.6 is 11.6 Å². The molecule has 0 spiro atoms. The molecule has 1 unspecified atom stereocenters. The zero-order valence-corrected chi connectivity index (χ0v) is 20.6. The van der Waals surface area contributed by atoms with E-state index >= 15 is 0 Å². The zero-order chi connectivity index (χ0) is 24.8. The number of aliphatic hydroxyl groups excluding tert-OH is 1. The first-order chi connectivity index (χ1) is 17.5. The van der Waals surface area contributed by atoms with E-state index < -0.39 is 6.10 Å². The minimum Gasteiger partial charge on any atom is -0.391 e. The van der Waals surface area contributed by atoms with E-state index in [0.29, 0.717) is 29.2 Å². The van der Waals surface area contributed by atoms with Crippen molar-refractivity contribution in [3.63, 3.8) is 0 Å². The first kappa shape index (κ1) is 22.8. The molecule has 1 fully saturated rings. The molecule has 8 nitrogen and oxygen atoms in total. The average Bonchev–Trinajstić information content (AvgIpc) is 3.21. The molecule has 36 heavy (non-hydrogen) atoms. The average molecular weight is 501 g/mol. The summed E-state index contributed by atoms with van der Waals surface area (Å²) >= 11 is 6.63. The highest BCUT2D eigenvalue weighted by molar-refractivity contribution is 6.35. The van der Waals surface area contributed by atoms with Gasteiger partial charge < -0.3 is 5.11 Å². The molecule has 2 aromatic heterocycles. The predicted molar refractivity (Wildman–Crippen MR) is 138 cm³/mol. The summed E-state index contributed by atoms with van der Waals surface area (Å²) in [7, 11) is 0. The van der Waals surface area contributed by atoms with Crippen molar-refractivity contribution >= 4 is 22.5 Å². The summed E-state index contributed by atoms with van der Waals surface area (Å²) in [5, 5.41) is 21.2. The Morgan fingerprint density at radius 2 is 1.86 bits per heavy atom. The van der Waals surface area contributed by atoms with Crippen molar-refractivity contribution < 1.29 is 5.11 Å². The monoisotopic (exact) mass is 500 g/mol. The van der Waals surface area contributed by atoms with Gasteiger partial charge in [0.25, 0.3) is 5.56 Å². The molecule has 182 valence electrons. The van der Waals surface area contributed by atoms with Crippen molar-refractivity contribution in [2.24, 2.45) is 0 Å². The lowest BCUT2D eigenvalue weighted by molar-refractivity contribution is 0.0681. The van der Waals surface area contributed by atoms with Gasteiger partial charge in [-0.3, -0.25) is 19.4 Å². The number of halogens is 1. The van der Waals surface area contributed by atoms with Crippen molar-refractivity contribution in [1.82, 2.24) is 29.5 Å². The van der Waals surface area contributed by atoms with Crippen LogP contribution in [0.1, 0.15) is 43.0 Å². The number of fused-ring (bicyclic) bond motifs is 3. The summed E-state index contributed by atoms with van der Waals surface area (Å²) < 4.78 is 3.17. The van der Waals surface area contributed by atoms with E-state index in [-0.39, 0.29) is 17.3 Å². The molecule has 1 saturated carbocycles. The Labute approximate surface area is 212 Å². The van der Waals surface area contributed by atoms with Crippen LogP contribution in [-0.4, -0.2) is 40.7 Å². The highest BCUT2D eigenvalue weighted by Crippen LogP contribution is 2.33. The standard InChI is InChI=1S/C27H25ClN6O2/c1-16-9-11-18(14-29-16)21-12-10-17(13-30-21)15-33-26-19(5-4-6-20(26)28)24-25(31-33)27(36)34(32-24)22-7-2-3-8-23(22)35/h4-6,9-14,22-23,35H,2-3,7-8,15H2,1H3/t22-,23?/m0/s1. The molecule has 4 heterocycles. The van der Waals surface area contributed by atoms with E-state index in [1.54, 1.807) is 16.9 Å². The second-order valence-corrected chi connectivity index (χ2v) is 9.81. The molecule has 1 aromatic carbocycles. The van der Waals surface area contributed by atoms with Gasteiger partial charge in [-0.2, -0.15) is 10.2 Å². The Kier molecular flexibility index (Phi) is 5.78. The van der Waals surface area contributed by atoms with Crippen molar-refractivity contribution in [3.8, 4) is 22.6 Å². The number of nitrogens with zero attached hydrogens (tertiary/aromatic N) is 6. The van der Waals surface area contributed by atoms with Crippen LogP contribution in [0.5, 0.6) is 0 Å². The number of hydrogen-bond acceptors (Lipinski definition) is 6. The van der Waals surface area contributed by atoms with E-state index in [9.17, 15) is 9.90 Å². The van der Waals surface area contributed by atoms with Gasteiger partial charge in [0.1, 0.15) is 5.69 Å². The molecule has 3 aliphatic rings. The molecular formula is C27H25ClN6O2. The summed E-state index contributed by atoms with van der Waals surface area (Å²) in [6, 6.07) is 13.1. The second-order valence-electron chi connectivity index (χ2n) is 9.40. The van der Waals surface area contributed by atoms with Crippen LogP contribution in [0.15, 0.2) is 59.7 Å². The van der Waals surface area contributed by atoms with Crippen molar-refractivity contribution in [3.05, 3.63) is 81.5 Å². The fraction of sp³-hybridized carbons (Fsp3) is 0.296. The normalized spacial score (nSPS) is 18.2. The Morgan fingerprint density at radius 3 is 2.61 bits per heavy atom. The van der Waals surface area contributed by atoms with Gasteiger partial charge in [-0.15, -0.1) is 0 Å². The number of aryl methyl sites for hydroxylation is 1. The quantitative estimate of drug-likeness (QED) is 0.386. The van der Waals surface area contributed by atoms with Crippen molar-refractivity contribution in [2.75, 3.05) is 0 Å². The van der Waals surface area contributed by atoms with Gasteiger partial charge in [0.2, 0.25) is 0 Å². The Hall–Kier alpha value is -3.62. The van der Waals surface area contributed by atoms with Gasteiger partial charge in [-0.05, 0) is 49.6 Å². The van der Waals surface area contributed by atoms with Gasteiger partial charge >= 0.3 is 0 Å². The lowest BCUT2D eigenvalue weighted by Crippen LogP contribution is -2.33. The van der Waals surface area contributed by atoms with Crippen LogP contribution in [0.25, 0.3) is 33.5 Å². The predicted octanol–water partition coefficient (Wildman–Crippen LogP) is 4.64. The lowest BCUT2D eigenvalue weighted by atomic mass is 9.93. The van der Waals surface area contributed by atoms with Crippen LogP contribution in [0.3, 0.4) is 0 Å². The molecule has 0 amide bonds. The molecule has 0 bridgehead atoms. The SMILES string of the molecule is Cc1ccc(-c2ccc(Cn3nc4c(=O)n([C@H]5CCCCC5O)nc-4c4cccc(Cl)c43)cn2)cn1. The number of rotatable bonds is 4. The Morgan fingerprint density at radius 1 is 1.00 bits per heavy atom. The highest BCUT2D eigenvalue weighted by Gasteiger charge is 2.31. The molecule has 2 aliphatic heterocycles. The van der Waals surface area contributed by atoms with Gasteiger partial charge in [0, 0.05) is 29.0 Å². The number of benzene rings is 1. The molecule has 0 saturated heterocycles. The lowest BCUT2D eigenvalue weighted by Gasteiger charge is -2.26. The first-order valence-electron chi connectivity index (χ1n) is 12.1. The summed E-state index contributed by atoms with van der Waals surface area (Å²) in [4.78, 5) is 22.4. The van der Waals surface area contributed by atoms with Crippen molar-refractivity contribution in [2.45, 2.75) is 51.3 Å². The molecule has 6 rings (SSSR count). The van der Waals surface area contributed by atoms with E-state index in [1.807, 2.05) is 49.5 Å². The Balaban J connectivity index is 1.43. The number of aromatic nitrogens is 6. The molecular weight excluding hydrogens is 476 g/mol. The molecule has 0 radical (unpaired) electrons. The van der Waals surface area contributed by atoms with Crippen LogP contribution in [0.4, 0.5) is 0 Å². The minimum absolute atomic E-state index is 0.276. The summed E-state index contributed by atoms with van der Waals surface area (Å²) in [6.45, 7) is 2.33. The molecule has 9 heteroatoms. The maximum Gasteiger partial charge on any atom is 0.297 e. The van der Waals surface area contributed by atoms with Gasteiger partial charge in [0.15, 0.2) is 5.69 Å². The smallest absolute Gasteiger partial charge is 0.297 e. The maximum absolute atomic E-state index is 13.4. The van der Waals surface area contributed by atoms with E-state index in [1.165, 1.54) is 4.68 Å². The molecule has 1 N–H and O–H groups in total. The maximum atomic E-state index is 13.4. The summed E-state index contributed by atoms with van der Waals surface area (Å²) in [5.74, 6) is 0. The molecule has 3 aromatic rings. The van der Waals surface area contributed by atoms with E-state index in [0.717, 1.165) is 47.2 Å². The highest BCUT2D eigenvalue weighted by atomic mass is 35.5. The van der Waals surface area contributed by atoms with Crippen LogP contribution in [-0.2, 0) is 6.54 Å². The summed E-state index contributed by atoms with van der Waals surface area (Å²) in [6.07, 6.45) is 6.33. The number of para-hydroxylation sites is 1. The molecule has 1 aliphatic carbocycles.